The van der Waals surface area contributed by atoms with Gasteiger partial charge < -0.3 is 5.32 Å². The van der Waals surface area contributed by atoms with E-state index in [1.54, 1.807) is 0 Å². The molecule has 0 aromatic carbocycles. The quantitative estimate of drug-likeness (QED) is 0.921. The van der Waals surface area contributed by atoms with Crippen LogP contribution in [0.3, 0.4) is 0 Å². The van der Waals surface area contributed by atoms with Gasteiger partial charge in [-0.2, -0.15) is 11.8 Å². The first-order valence-corrected chi connectivity index (χ1v) is 8.29. The molecule has 0 aliphatic carbocycles. The van der Waals surface area contributed by atoms with Crippen LogP contribution in [0, 0.1) is 0 Å². The molecule has 2 atom stereocenters. The molecule has 5 heteroatoms. The predicted molar refractivity (Wildman–Crippen MR) is 85.2 cm³/mol. The lowest BCUT2D eigenvalue weighted by Gasteiger charge is -2.37. The van der Waals surface area contributed by atoms with Crippen molar-refractivity contribution in [3.8, 4) is 0 Å². The fraction of sp³-hybridized carbons (Fsp3) is 0.643. The van der Waals surface area contributed by atoms with Crippen LogP contribution in [-0.2, 0) is 6.54 Å². The average molecular weight is 300 g/mol. The molecule has 2 unspecified atom stereocenters. The number of aromatic nitrogens is 1. The monoisotopic (exact) mass is 299 g/mol. The third-order valence-corrected chi connectivity index (χ3v) is 5.33. The second-order valence-corrected chi connectivity index (χ2v) is 6.83. The van der Waals surface area contributed by atoms with Crippen LogP contribution in [0.25, 0.3) is 0 Å². The molecule has 1 fully saturated rings. The van der Waals surface area contributed by atoms with Gasteiger partial charge >= 0.3 is 0 Å². The van der Waals surface area contributed by atoms with E-state index < -0.39 is 0 Å². The highest BCUT2D eigenvalue weighted by Gasteiger charge is 2.25. The van der Waals surface area contributed by atoms with Crippen molar-refractivity contribution in [3.05, 3.63) is 22.8 Å². The molecule has 1 aromatic rings. The molecular weight excluding hydrogens is 278 g/mol. The maximum absolute atomic E-state index is 6.28. The molecule has 0 spiro atoms. The summed E-state index contributed by atoms with van der Waals surface area (Å²) in [5.41, 5.74) is 0.978. The lowest BCUT2D eigenvalue weighted by atomic mass is 10.2. The first-order valence-electron chi connectivity index (χ1n) is 6.86. The van der Waals surface area contributed by atoms with Gasteiger partial charge in [0.25, 0.3) is 0 Å². The van der Waals surface area contributed by atoms with Crippen molar-refractivity contribution in [2.24, 2.45) is 0 Å². The smallest absolute Gasteiger partial charge is 0.126 e. The van der Waals surface area contributed by atoms with Crippen LogP contribution in [0.4, 0.5) is 5.82 Å². The van der Waals surface area contributed by atoms with E-state index in [2.05, 4.69) is 36.0 Å². The van der Waals surface area contributed by atoms with Gasteiger partial charge in [-0.15, -0.1) is 0 Å². The Balaban J connectivity index is 2.11. The van der Waals surface area contributed by atoms with Crippen LogP contribution in [0.5, 0.6) is 0 Å². The van der Waals surface area contributed by atoms with Gasteiger partial charge in [0.05, 0.1) is 10.7 Å². The summed E-state index contributed by atoms with van der Waals surface area (Å²) in [6, 6.07) is 4.45. The molecule has 0 radical (unpaired) electrons. The fourth-order valence-corrected chi connectivity index (χ4v) is 3.61. The number of nitrogens with zero attached hydrogens (tertiary/aromatic N) is 2. The van der Waals surface area contributed by atoms with Crippen LogP contribution in [0.2, 0.25) is 5.02 Å². The maximum Gasteiger partial charge on any atom is 0.126 e. The highest BCUT2D eigenvalue weighted by molar-refractivity contribution is 8.00. The molecule has 19 heavy (non-hydrogen) atoms. The Hall–Kier alpha value is -0.450. The molecule has 3 nitrogen and oxygen atoms in total. The molecule has 1 N–H and O–H groups in total. The zero-order chi connectivity index (χ0) is 13.8. The Morgan fingerprint density at radius 3 is 3.00 bits per heavy atom. The maximum atomic E-state index is 6.28. The topological polar surface area (TPSA) is 28.2 Å². The second-order valence-electron chi connectivity index (χ2n) is 4.94. The molecule has 2 heterocycles. The Kier molecular flexibility index (Phi) is 5.37. The van der Waals surface area contributed by atoms with Crippen molar-refractivity contribution in [1.82, 2.24) is 9.88 Å². The molecular formula is C14H22ClN3S. The SMILES string of the molecule is CCNc1ccc(Cl)c(CN2CCSC(C)C2C)n1. The summed E-state index contributed by atoms with van der Waals surface area (Å²) in [6.45, 7) is 9.48. The van der Waals surface area contributed by atoms with Crippen molar-refractivity contribution in [2.45, 2.75) is 38.6 Å². The number of pyridine rings is 1. The van der Waals surface area contributed by atoms with E-state index in [4.69, 9.17) is 11.6 Å². The zero-order valence-corrected chi connectivity index (χ0v) is 13.4. The number of rotatable bonds is 4. The van der Waals surface area contributed by atoms with Crippen LogP contribution in [-0.4, -0.2) is 40.0 Å². The summed E-state index contributed by atoms with van der Waals surface area (Å²) in [5, 5.41) is 4.67. The number of anilines is 1. The minimum Gasteiger partial charge on any atom is -0.370 e. The predicted octanol–water partition coefficient (Wildman–Crippen LogP) is 3.49. The first kappa shape index (κ1) is 14.9. The van der Waals surface area contributed by atoms with Gasteiger partial charge in [-0.1, -0.05) is 18.5 Å². The van der Waals surface area contributed by atoms with Gasteiger partial charge in [0.15, 0.2) is 0 Å². The minimum atomic E-state index is 0.569. The lowest BCUT2D eigenvalue weighted by Crippen LogP contribution is -2.44. The number of thioether (sulfide) groups is 1. The Bertz CT molecular complexity index is 427. The highest BCUT2D eigenvalue weighted by atomic mass is 35.5. The van der Waals surface area contributed by atoms with E-state index in [0.717, 1.165) is 36.2 Å². The van der Waals surface area contributed by atoms with Crippen molar-refractivity contribution in [1.29, 1.82) is 0 Å². The van der Waals surface area contributed by atoms with Crippen LogP contribution < -0.4 is 5.32 Å². The third-order valence-electron chi connectivity index (χ3n) is 3.64. The number of hydrogen-bond acceptors (Lipinski definition) is 4. The summed E-state index contributed by atoms with van der Waals surface area (Å²) in [4.78, 5) is 7.10. The highest BCUT2D eigenvalue weighted by Crippen LogP contribution is 2.27. The summed E-state index contributed by atoms with van der Waals surface area (Å²) in [5.74, 6) is 2.10. The van der Waals surface area contributed by atoms with Gasteiger partial charge in [-0.25, -0.2) is 4.98 Å². The number of hydrogen-bond donors (Lipinski definition) is 1. The Labute approximate surface area is 125 Å². The van der Waals surface area contributed by atoms with Gasteiger partial charge in [-0.3, -0.25) is 4.90 Å². The van der Waals surface area contributed by atoms with E-state index in [0.29, 0.717) is 11.3 Å². The molecule has 0 bridgehead atoms. The molecule has 1 aliphatic heterocycles. The summed E-state index contributed by atoms with van der Waals surface area (Å²) in [7, 11) is 0. The molecule has 0 saturated carbocycles. The van der Waals surface area contributed by atoms with E-state index >= 15 is 0 Å². The van der Waals surface area contributed by atoms with Gasteiger partial charge in [-0.05, 0) is 26.0 Å². The zero-order valence-electron chi connectivity index (χ0n) is 11.8. The Morgan fingerprint density at radius 2 is 2.26 bits per heavy atom. The summed E-state index contributed by atoms with van der Waals surface area (Å²) in [6.07, 6.45) is 0. The molecule has 1 saturated heterocycles. The standard InChI is InChI=1S/C14H22ClN3S/c1-4-16-14-6-5-12(15)13(17-14)9-18-7-8-19-11(3)10(18)2/h5-6,10-11H,4,7-9H2,1-3H3,(H,16,17). The average Bonchev–Trinajstić information content (AvgIpc) is 2.39. The van der Waals surface area contributed by atoms with Crippen molar-refractivity contribution in [3.63, 3.8) is 0 Å². The lowest BCUT2D eigenvalue weighted by molar-refractivity contribution is 0.202. The van der Waals surface area contributed by atoms with Crippen molar-refractivity contribution in [2.75, 3.05) is 24.2 Å². The molecule has 1 aliphatic rings. The van der Waals surface area contributed by atoms with E-state index in [-0.39, 0.29) is 0 Å². The minimum absolute atomic E-state index is 0.569. The van der Waals surface area contributed by atoms with E-state index in [1.807, 2.05) is 23.9 Å². The summed E-state index contributed by atoms with van der Waals surface area (Å²) >= 11 is 8.33. The van der Waals surface area contributed by atoms with Crippen molar-refractivity contribution >= 4 is 29.2 Å². The van der Waals surface area contributed by atoms with Gasteiger partial charge in [0.1, 0.15) is 5.82 Å². The number of halogens is 1. The van der Waals surface area contributed by atoms with Gasteiger partial charge in [0.2, 0.25) is 0 Å². The third kappa shape index (κ3) is 3.77. The molecule has 0 amide bonds. The van der Waals surface area contributed by atoms with Crippen LogP contribution >= 0.6 is 23.4 Å². The van der Waals surface area contributed by atoms with E-state index in [9.17, 15) is 0 Å². The summed E-state index contributed by atoms with van der Waals surface area (Å²) < 4.78 is 0. The normalized spacial score (nSPS) is 24.4. The number of nitrogens with one attached hydrogen (secondary N) is 1. The van der Waals surface area contributed by atoms with Gasteiger partial charge in [0, 0.05) is 36.7 Å². The van der Waals surface area contributed by atoms with Crippen LogP contribution in [0.15, 0.2) is 12.1 Å². The fourth-order valence-electron chi connectivity index (χ4n) is 2.29. The molecule has 1 aromatic heterocycles. The van der Waals surface area contributed by atoms with Crippen LogP contribution in [0.1, 0.15) is 26.5 Å². The largest absolute Gasteiger partial charge is 0.370 e. The van der Waals surface area contributed by atoms with Crippen molar-refractivity contribution < 1.29 is 0 Å². The molecule has 106 valence electrons. The van der Waals surface area contributed by atoms with E-state index in [1.165, 1.54) is 5.75 Å². The second kappa shape index (κ2) is 6.82. The Morgan fingerprint density at radius 1 is 1.47 bits per heavy atom. The molecule has 2 rings (SSSR count). The first-order chi connectivity index (χ1) is 9.11.